The summed E-state index contributed by atoms with van der Waals surface area (Å²) in [7, 11) is 0. The van der Waals surface area contributed by atoms with E-state index in [1.54, 1.807) is 6.07 Å². The molecule has 0 atom stereocenters. The SMILES string of the molecule is CCOC1CC(Nc2cc(F)ccc2Cl)C1. The van der Waals surface area contributed by atoms with Crippen molar-refractivity contribution in [3.05, 3.63) is 29.0 Å². The summed E-state index contributed by atoms with van der Waals surface area (Å²) in [5, 5.41) is 3.78. The molecule has 1 aromatic carbocycles. The first kappa shape index (κ1) is 11.7. The number of ether oxygens (including phenoxy) is 1. The van der Waals surface area contributed by atoms with Crippen molar-refractivity contribution in [3.63, 3.8) is 0 Å². The molecule has 1 aliphatic carbocycles. The monoisotopic (exact) mass is 243 g/mol. The lowest BCUT2D eigenvalue weighted by Crippen LogP contribution is -2.40. The van der Waals surface area contributed by atoms with Gasteiger partial charge >= 0.3 is 0 Å². The normalized spacial score (nSPS) is 23.9. The third-order valence-electron chi connectivity index (χ3n) is 2.79. The van der Waals surface area contributed by atoms with Crippen molar-refractivity contribution in [1.82, 2.24) is 0 Å². The summed E-state index contributed by atoms with van der Waals surface area (Å²) in [6.07, 6.45) is 2.26. The highest BCUT2D eigenvalue weighted by Crippen LogP contribution is 2.30. The first-order valence-corrected chi connectivity index (χ1v) is 5.90. The highest BCUT2D eigenvalue weighted by atomic mass is 35.5. The second-order valence-electron chi connectivity index (χ2n) is 4.01. The second kappa shape index (κ2) is 5.02. The van der Waals surface area contributed by atoms with Gasteiger partial charge in [-0.15, -0.1) is 0 Å². The van der Waals surface area contributed by atoms with Gasteiger partial charge in [0.1, 0.15) is 5.82 Å². The molecule has 88 valence electrons. The number of benzene rings is 1. The van der Waals surface area contributed by atoms with E-state index in [0.717, 1.165) is 19.4 Å². The molecule has 0 heterocycles. The number of anilines is 1. The molecular weight excluding hydrogens is 229 g/mol. The van der Waals surface area contributed by atoms with Crippen LogP contribution in [0.4, 0.5) is 10.1 Å². The molecule has 0 aromatic heterocycles. The van der Waals surface area contributed by atoms with Gasteiger partial charge in [-0.05, 0) is 38.0 Å². The predicted molar refractivity (Wildman–Crippen MR) is 63.5 cm³/mol. The van der Waals surface area contributed by atoms with Crippen molar-refractivity contribution in [2.45, 2.75) is 31.9 Å². The highest BCUT2D eigenvalue weighted by molar-refractivity contribution is 6.33. The molecular formula is C12H15ClFNO. The summed E-state index contributed by atoms with van der Waals surface area (Å²) in [5.41, 5.74) is 0.668. The van der Waals surface area contributed by atoms with E-state index in [1.165, 1.54) is 12.1 Å². The van der Waals surface area contributed by atoms with Gasteiger partial charge in [0.2, 0.25) is 0 Å². The molecule has 0 radical (unpaired) electrons. The smallest absolute Gasteiger partial charge is 0.125 e. The van der Waals surface area contributed by atoms with Gasteiger partial charge in [-0.1, -0.05) is 11.6 Å². The van der Waals surface area contributed by atoms with E-state index in [-0.39, 0.29) is 5.82 Å². The number of hydrogen-bond acceptors (Lipinski definition) is 2. The molecule has 1 fully saturated rings. The van der Waals surface area contributed by atoms with E-state index in [4.69, 9.17) is 16.3 Å². The van der Waals surface area contributed by atoms with Gasteiger partial charge in [-0.3, -0.25) is 0 Å². The molecule has 1 N–H and O–H groups in total. The summed E-state index contributed by atoms with van der Waals surface area (Å²) in [4.78, 5) is 0. The Labute approximate surface area is 99.7 Å². The van der Waals surface area contributed by atoms with Crippen molar-refractivity contribution >= 4 is 17.3 Å². The lowest BCUT2D eigenvalue weighted by atomic mass is 9.89. The molecule has 0 amide bonds. The van der Waals surface area contributed by atoms with E-state index in [9.17, 15) is 4.39 Å². The molecule has 0 unspecified atom stereocenters. The van der Waals surface area contributed by atoms with Crippen LogP contribution in [0.5, 0.6) is 0 Å². The molecule has 1 saturated carbocycles. The maximum absolute atomic E-state index is 13.0. The van der Waals surface area contributed by atoms with Crippen LogP contribution in [-0.2, 0) is 4.74 Å². The van der Waals surface area contributed by atoms with Gasteiger partial charge in [0.05, 0.1) is 16.8 Å². The minimum absolute atomic E-state index is 0.271. The minimum atomic E-state index is -0.271. The third-order valence-corrected chi connectivity index (χ3v) is 3.11. The quantitative estimate of drug-likeness (QED) is 0.875. The molecule has 1 aromatic rings. The van der Waals surface area contributed by atoms with Crippen LogP contribution in [0, 0.1) is 5.82 Å². The number of halogens is 2. The standard InChI is InChI=1S/C12H15ClFNO/c1-2-16-10-6-9(7-10)15-12-5-8(14)3-4-11(12)13/h3-5,9-10,15H,2,6-7H2,1H3. The fourth-order valence-corrected chi connectivity index (χ4v) is 2.06. The number of rotatable bonds is 4. The maximum atomic E-state index is 13.0. The Hall–Kier alpha value is -0.800. The van der Waals surface area contributed by atoms with Gasteiger partial charge in [-0.25, -0.2) is 4.39 Å². The summed E-state index contributed by atoms with van der Waals surface area (Å²) < 4.78 is 18.4. The van der Waals surface area contributed by atoms with Crippen molar-refractivity contribution in [1.29, 1.82) is 0 Å². The van der Waals surface area contributed by atoms with E-state index in [0.29, 0.717) is 22.9 Å². The largest absolute Gasteiger partial charge is 0.381 e. The maximum Gasteiger partial charge on any atom is 0.125 e. The van der Waals surface area contributed by atoms with Crippen LogP contribution >= 0.6 is 11.6 Å². The first-order valence-electron chi connectivity index (χ1n) is 5.52. The Morgan fingerprint density at radius 1 is 1.50 bits per heavy atom. The van der Waals surface area contributed by atoms with E-state index >= 15 is 0 Å². The Morgan fingerprint density at radius 3 is 2.94 bits per heavy atom. The zero-order valence-corrected chi connectivity index (χ0v) is 9.93. The Morgan fingerprint density at radius 2 is 2.25 bits per heavy atom. The summed E-state index contributed by atoms with van der Waals surface area (Å²) in [6.45, 7) is 2.74. The zero-order chi connectivity index (χ0) is 11.5. The van der Waals surface area contributed by atoms with Crippen LogP contribution in [0.1, 0.15) is 19.8 Å². The number of hydrogen-bond donors (Lipinski definition) is 1. The molecule has 16 heavy (non-hydrogen) atoms. The van der Waals surface area contributed by atoms with E-state index in [1.807, 2.05) is 6.92 Å². The molecule has 4 heteroatoms. The van der Waals surface area contributed by atoms with Crippen LogP contribution in [-0.4, -0.2) is 18.8 Å². The molecule has 0 saturated heterocycles. The van der Waals surface area contributed by atoms with Crippen LogP contribution in [0.2, 0.25) is 5.02 Å². The van der Waals surface area contributed by atoms with Crippen molar-refractivity contribution in [3.8, 4) is 0 Å². The van der Waals surface area contributed by atoms with Gasteiger partial charge < -0.3 is 10.1 Å². The van der Waals surface area contributed by atoms with E-state index < -0.39 is 0 Å². The minimum Gasteiger partial charge on any atom is -0.381 e. The first-order chi connectivity index (χ1) is 7.69. The van der Waals surface area contributed by atoms with Gasteiger partial charge in [0, 0.05) is 12.6 Å². The zero-order valence-electron chi connectivity index (χ0n) is 9.17. The lowest BCUT2D eigenvalue weighted by Gasteiger charge is -2.36. The molecule has 0 spiro atoms. The summed E-state index contributed by atoms with van der Waals surface area (Å²) in [6, 6.07) is 4.70. The summed E-state index contributed by atoms with van der Waals surface area (Å²) in [5.74, 6) is -0.271. The van der Waals surface area contributed by atoms with Crippen LogP contribution in [0.3, 0.4) is 0 Å². The molecule has 1 aliphatic rings. The Balaban J connectivity index is 1.89. The summed E-state index contributed by atoms with van der Waals surface area (Å²) >= 11 is 5.96. The predicted octanol–water partition coefficient (Wildman–Crippen LogP) is 3.46. The van der Waals surface area contributed by atoms with Crippen molar-refractivity contribution < 1.29 is 9.13 Å². The highest BCUT2D eigenvalue weighted by Gasteiger charge is 2.29. The Kier molecular flexibility index (Phi) is 3.66. The topological polar surface area (TPSA) is 21.3 Å². The fourth-order valence-electron chi connectivity index (χ4n) is 1.88. The lowest BCUT2D eigenvalue weighted by molar-refractivity contribution is 0.00299. The van der Waals surface area contributed by atoms with Gasteiger partial charge in [0.15, 0.2) is 0 Å². The van der Waals surface area contributed by atoms with Crippen molar-refractivity contribution in [2.75, 3.05) is 11.9 Å². The van der Waals surface area contributed by atoms with Crippen LogP contribution < -0.4 is 5.32 Å². The average Bonchev–Trinajstić information content (AvgIpc) is 2.20. The Bertz CT molecular complexity index is 366. The average molecular weight is 244 g/mol. The third kappa shape index (κ3) is 2.66. The number of nitrogens with one attached hydrogen (secondary N) is 1. The molecule has 2 nitrogen and oxygen atoms in total. The van der Waals surface area contributed by atoms with Crippen LogP contribution in [0.25, 0.3) is 0 Å². The van der Waals surface area contributed by atoms with E-state index in [2.05, 4.69) is 5.32 Å². The van der Waals surface area contributed by atoms with Gasteiger partial charge in [-0.2, -0.15) is 0 Å². The fraction of sp³-hybridized carbons (Fsp3) is 0.500. The molecule has 0 bridgehead atoms. The molecule has 2 rings (SSSR count). The van der Waals surface area contributed by atoms with Crippen LogP contribution in [0.15, 0.2) is 18.2 Å². The van der Waals surface area contributed by atoms with Gasteiger partial charge in [0.25, 0.3) is 0 Å². The molecule has 0 aliphatic heterocycles. The van der Waals surface area contributed by atoms with Crippen molar-refractivity contribution in [2.24, 2.45) is 0 Å². The second-order valence-corrected chi connectivity index (χ2v) is 4.42.